The number of aromatic carboxylic acids is 1. The second-order valence-corrected chi connectivity index (χ2v) is 5.44. The first kappa shape index (κ1) is 15.2. The lowest BCUT2D eigenvalue weighted by molar-refractivity contribution is -0.384. The average Bonchev–Trinajstić information content (AvgIpc) is 2.46. The van der Waals surface area contributed by atoms with Crippen LogP contribution in [0.4, 0.5) is 11.4 Å². The maximum absolute atomic E-state index is 10.8. The molecule has 0 saturated heterocycles. The number of halogens is 1. The fraction of sp³-hybridized carbons (Fsp3) is 0.0714. The number of hydrogen-bond donors (Lipinski definition) is 2. The Hall–Kier alpha value is -2.16. The predicted molar refractivity (Wildman–Crippen MR) is 86.5 cm³/mol. The van der Waals surface area contributed by atoms with Crippen LogP contribution in [0.3, 0.4) is 0 Å². The molecule has 0 heterocycles. The SMILES string of the molecule is O=C(O)c1ccc(CNc2ccc([N+](=O)[O-])cc2I)cc1. The molecule has 0 amide bonds. The van der Waals surface area contributed by atoms with Gasteiger partial charge in [-0.2, -0.15) is 0 Å². The van der Waals surface area contributed by atoms with E-state index in [1.54, 1.807) is 30.3 Å². The Balaban J connectivity index is 2.06. The van der Waals surface area contributed by atoms with Crippen LogP contribution in [0.2, 0.25) is 0 Å². The molecule has 0 aromatic heterocycles. The summed E-state index contributed by atoms with van der Waals surface area (Å²) in [6.45, 7) is 0.508. The number of anilines is 1. The molecule has 2 rings (SSSR count). The van der Waals surface area contributed by atoms with Crippen molar-refractivity contribution in [2.24, 2.45) is 0 Å². The van der Waals surface area contributed by atoms with Gasteiger partial charge >= 0.3 is 5.97 Å². The zero-order valence-corrected chi connectivity index (χ0v) is 12.9. The molecule has 6 nitrogen and oxygen atoms in total. The van der Waals surface area contributed by atoms with Gasteiger partial charge in [-0.25, -0.2) is 4.79 Å². The lowest BCUT2D eigenvalue weighted by Gasteiger charge is -2.08. The molecular formula is C14H11IN2O4. The number of nitro groups is 1. The highest BCUT2D eigenvalue weighted by molar-refractivity contribution is 14.1. The maximum atomic E-state index is 10.8. The lowest BCUT2D eigenvalue weighted by Crippen LogP contribution is -2.02. The summed E-state index contributed by atoms with van der Waals surface area (Å²) in [5.74, 6) is -0.959. The third kappa shape index (κ3) is 3.91. The molecule has 0 radical (unpaired) electrons. The van der Waals surface area contributed by atoms with Gasteiger partial charge in [0.25, 0.3) is 5.69 Å². The van der Waals surface area contributed by atoms with Gasteiger partial charge < -0.3 is 10.4 Å². The lowest BCUT2D eigenvalue weighted by atomic mass is 10.1. The van der Waals surface area contributed by atoms with Gasteiger partial charge in [-0.3, -0.25) is 10.1 Å². The molecule has 0 aliphatic heterocycles. The Bertz CT molecular complexity index is 686. The third-order valence-electron chi connectivity index (χ3n) is 2.85. The van der Waals surface area contributed by atoms with E-state index in [9.17, 15) is 14.9 Å². The second-order valence-electron chi connectivity index (χ2n) is 4.28. The Labute approximate surface area is 134 Å². The van der Waals surface area contributed by atoms with Crippen LogP contribution in [0, 0.1) is 13.7 Å². The number of carbonyl (C=O) groups is 1. The Morgan fingerprint density at radius 1 is 1.24 bits per heavy atom. The van der Waals surface area contributed by atoms with Gasteiger partial charge in [0.2, 0.25) is 0 Å². The Kier molecular flexibility index (Phi) is 4.73. The summed E-state index contributed by atoms with van der Waals surface area (Å²) >= 11 is 2.03. The number of carboxylic acids is 1. The number of benzene rings is 2. The molecule has 0 atom stereocenters. The van der Waals surface area contributed by atoms with Gasteiger partial charge in [0, 0.05) is 27.9 Å². The fourth-order valence-electron chi connectivity index (χ4n) is 1.72. The average molecular weight is 398 g/mol. The van der Waals surface area contributed by atoms with E-state index in [0.717, 1.165) is 14.8 Å². The number of non-ortho nitro benzene ring substituents is 1. The van der Waals surface area contributed by atoms with Crippen molar-refractivity contribution >= 4 is 39.9 Å². The van der Waals surface area contributed by atoms with Crippen LogP contribution in [0.25, 0.3) is 0 Å². The van der Waals surface area contributed by atoms with Crippen LogP contribution in [0.1, 0.15) is 15.9 Å². The molecule has 2 aromatic carbocycles. The molecule has 21 heavy (non-hydrogen) atoms. The fourth-order valence-corrected chi connectivity index (χ4v) is 2.41. The standard InChI is InChI=1S/C14H11IN2O4/c15-12-7-11(17(20)21)5-6-13(12)16-8-9-1-3-10(4-2-9)14(18)19/h1-7,16H,8H2,(H,18,19). The van der Waals surface area contributed by atoms with Gasteiger partial charge in [-0.1, -0.05) is 12.1 Å². The molecule has 0 spiro atoms. The first-order valence-electron chi connectivity index (χ1n) is 5.97. The number of nitrogens with zero attached hydrogens (tertiary/aromatic N) is 1. The first-order chi connectivity index (χ1) is 9.97. The van der Waals surface area contributed by atoms with Crippen molar-refractivity contribution in [3.8, 4) is 0 Å². The minimum Gasteiger partial charge on any atom is -0.478 e. The van der Waals surface area contributed by atoms with E-state index in [0.29, 0.717) is 6.54 Å². The van der Waals surface area contributed by atoms with Crippen LogP contribution in [0.15, 0.2) is 42.5 Å². The number of nitro benzene ring substituents is 1. The van der Waals surface area contributed by atoms with Crippen LogP contribution in [-0.4, -0.2) is 16.0 Å². The molecular weight excluding hydrogens is 387 g/mol. The van der Waals surface area contributed by atoms with Gasteiger partial charge in [0.15, 0.2) is 0 Å². The molecule has 0 aliphatic carbocycles. The highest BCUT2D eigenvalue weighted by Crippen LogP contribution is 2.24. The summed E-state index contributed by atoms with van der Waals surface area (Å²) in [7, 11) is 0. The van der Waals surface area contributed by atoms with E-state index in [4.69, 9.17) is 5.11 Å². The number of hydrogen-bond acceptors (Lipinski definition) is 4. The van der Waals surface area contributed by atoms with Gasteiger partial charge in [-0.05, 0) is 46.4 Å². The van der Waals surface area contributed by atoms with Crippen molar-refractivity contribution in [1.82, 2.24) is 0 Å². The normalized spacial score (nSPS) is 10.1. The van der Waals surface area contributed by atoms with E-state index in [-0.39, 0.29) is 11.3 Å². The topological polar surface area (TPSA) is 92.5 Å². The molecule has 0 fully saturated rings. The van der Waals surface area contributed by atoms with E-state index >= 15 is 0 Å². The molecule has 0 aliphatic rings. The number of nitrogens with one attached hydrogen (secondary N) is 1. The monoisotopic (exact) mass is 398 g/mol. The van der Waals surface area contributed by atoms with Crippen molar-refractivity contribution in [2.45, 2.75) is 6.54 Å². The zero-order valence-electron chi connectivity index (χ0n) is 10.7. The first-order valence-corrected chi connectivity index (χ1v) is 7.05. The summed E-state index contributed by atoms with van der Waals surface area (Å²) in [6, 6.07) is 11.1. The summed E-state index contributed by atoms with van der Waals surface area (Å²) in [6.07, 6.45) is 0. The molecule has 108 valence electrons. The summed E-state index contributed by atoms with van der Waals surface area (Å²) in [5.41, 5.74) is 2.01. The zero-order chi connectivity index (χ0) is 15.4. The summed E-state index contributed by atoms with van der Waals surface area (Å²) < 4.78 is 0.754. The van der Waals surface area contributed by atoms with Gasteiger partial charge in [-0.15, -0.1) is 0 Å². The van der Waals surface area contributed by atoms with Crippen LogP contribution in [0.5, 0.6) is 0 Å². The molecule has 0 saturated carbocycles. The van der Waals surface area contributed by atoms with Crippen molar-refractivity contribution in [2.75, 3.05) is 5.32 Å². The highest BCUT2D eigenvalue weighted by atomic mass is 127. The molecule has 0 bridgehead atoms. The molecule has 2 N–H and O–H groups in total. The van der Waals surface area contributed by atoms with Crippen molar-refractivity contribution in [1.29, 1.82) is 0 Å². The minimum absolute atomic E-state index is 0.0516. The molecule has 0 unspecified atom stereocenters. The highest BCUT2D eigenvalue weighted by Gasteiger charge is 2.09. The minimum atomic E-state index is -0.959. The van der Waals surface area contributed by atoms with Gasteiger partial charge in [0.1, 0.15) is 0 Å². The van der Waals surface area contributed by atoms with Crippen molar-refractivity contribution in [3.63, 3.8) is 0 Å². The van der Waals surface area contributed by atoms with E-state index in [1.807, 2.05) is 22.6 Å². The van der Waals surface area contributed by atoms with Gasteiger partial charge in [0.05, 0.1) is 10.5 Å². The Morgan fingerprint density at radius 3 is 2.43 bits per heavy atom. The maximum Gasteiger partial charge on any atom is 0.335 e. The largest absolute Gasteiger partial charge is 0.478 e. The third-order valence-corrected chi connectivity index (χ3v) is 3.74. The van der Waals surface area contributed by atoms with Crippen LogP contribution < -0.4 is 5.32 Å². The van der Waals surface area contributed by atoms with E-state index in [1.165, 1.54) is 12.1 Å². The second kappa shape index (κ2) is 6.53. The van der Waals surface area contributed by atoms with E-state index in [2.05, 4.69) is 5.32 Å². The van der Waals surface area contributed by atoms with Crippen LogP contribution in [-0.2, 0) is 6.54 Å². The molecule has 2 aromatic rings. The number of rotatable bonds is 5. The Morgan fingerprint density at radius 2 is 1.90 bits per heavy atom. The number of carboxylic acid groups (broad SMARTS) is 1. The summed E-state index contributed by atoms with van der Waals surface area (Å²) in [5, 5.41) is 22.7. The van der Waals surface area contributed by atoms with E-state index < -0.39 is 10.9 Å². The van der Waals surface area contributed by atoms with Crippen molar-refractivity contribution < 1.29 is 14.8 Å². The summed E-state index contributed by atoms with van der Waals surface area (Å²) in [4.78, 5) is 21.0. The van der Waals surface area contributed by atoms with Crippen molar-refractivity contribution in [3.05, 3.63) is 67.3 Å². The van der Waals surface area contributed by atoms with Crippen LogP contribution >= 0.6 is 22.6 Å². The quantitative estimate of drug-likeness (QED) is 0.457. The predicted octanol–water partition coefficient (Wildman–Crippen LogP) is 3.51. The molecule has 7 heteroatoms. The smallest absolute Gasteiger partial charge is 0.335 e.